The van der Waals surface area contributed by atoms with Gasteiger partial charge in [0.1, 0.15) is 6.54 Å². The van der Waals surface area contributed by atoms with Gasteiger partial charge in [0.2, 0.25) is 0 Å². The topological polar surface area (TPSA) is 50.0 Å². The smallest absolute Gasteiger partial charge is 0.205 e. The third-order valence-electron chi connectivity index (χ3n) is 2.60. The number of nitrogens with zero attached hydrogens (tertiary/aromatic N) is 1. The minimum atomic E-state index is -6.33. The van der Waals surface area contributed by atoms with Crippen LogP contribution in [0, 0.1) is 0 Å². The van der Waals surface area contributed by atoms with Crippen molar-refractivity contribution in [3.05, 3.63) is 30.6 Å². The van der Waals surface area contributed by atoms with Crippen LogP contribution in [-0.2, 0) is 16.6 Å². The molecular weight excluding hydrogens is 362 g/mol. The van der Waals surface area contributed by atoms with E-state index in [4.69, 9.17) is 0 Å². The van der Waals surface area contributed by atoms with E-state index in [0.29, 0.717) is 0 Å². The minimum absolute atomic E-state index is 0.517. The number of alkyl halides is 6. The van der Waals surface area contributed by atoms with Crippen LogP contribution >= 0.6 is 0 Å². The van der Waals surface area contributed by atoms with Crippen LogP contribution in [0.15, 0.2) is 30.6 Å². The van der Waals surface area contributed by atoms with Crippen molar-refractivity contribution in [2.75, 3.05) is 0 Å². The van der Waals surface area contributed by atoms with Crippen LogP contribution in [0.25, 0.3) is 0 Å². The molecule has 0 unspecified atom stereocenters. The molecule has 0 aliphatic carbocycles. The van der Waals surface area contributed by atoms with Gasteiger partial charge >= 0.3 is 21.8 Å². The number of sulfonamides is 1. The zero-order chi connectivity index (χ0) is 18.9. The molecule has 0 spiro atoms. The Labute approximate surface area is 136 Å². The zero-order valence-electron chi connectivity index (χ0n) is 12.9. The molecule has 0 saturated carbocycles. The van der Waals surface area contributed by atoms with Gasteiger partial charge in [0.05, 0.1) is 0 Å². The number of halogens is 6. The quantitative estimate of drug-likeness (QED) is 0.355. The highest BCUT2D eigenvalue weighted by atomic mass is 32.2. The monoisotopic (exact) mass is 381 g/mol. The summed E-state index contributed by atoms with van der Waals surface area (Å²) in [6.45, 7) is 3.41. The van der Waals surface area contributed by atoms with E-state index >= 15 is 0 Å². The standard InChI is InChI=1S/C11H18N.C2HF6NO2S/c1-2-3-4-6-9-12-10-7-5-8-11-12;3-1(4,5)9-12(10,11)2(6,7)8/h5,7-8,10-11H,2-4,6,9H2,1H3;9H/q+1;. The second-order valence-corrected chi connectivity index (χ2v) is 6.40. The first-order chi connectivity index (χ1) is 10.9. The zero-order valence-corrected chi connectivity index (χ0v) is 13.7. The van der Waals surface area contributed by atoms with Crippen LogP contribution < -0.4 is 9.29 Å². The Morgan fingerprint density at radius 2 is 1.46 bits per heavy atom. The van der Waals surface area contributed by atoms with Crippen LogP contribution in [-0.4, -0.2) is 20.2 Å². The van der Waals surface area contributed by atoms with Crippen molar-refractivity contribution >= 4 is 10.0 Å². The van der Waals surface area contributed by atoms with Gasteiger partial charge in [0.25, 0.3) is 0 Å². The molecule has 0 aromatic carbocycles. The number of unbranched alkanes of at least 4 members (excludes halogenated alkanes) is 3. The van der Waals surface area contributed by atoms with Gasteiger partial charge in [-0.2, -0.15) is 26.3 Å². The summed E-state index contributed by atoms with van der Waals surface area (Å²) in [5.74, 6) is 0. The summed E-state index contributed by atoms with van der Waals surface area (Å²) in [5.41, 5.74) is -5.96. The number of aryl methyl sites for hydroxylation is 1. The third-order valence-corrected chi connectivity index (χ3v) is 3.71. The fourth-order valence-corrected chi connectivity index (χ4v) is 1.94. The molecule has 0 aliphatic rings. The molecule has 1 heterocycles. The van der Waals surface area contributed by atoms with Crippen LogP contribution in [0.4, 0.5) is 26.3 Å². The van der Waals surface area contributed by atoms with Crippen molar-refractivity contribution < 1.29 is 39.3 Å². The van der Waals surface area contributed by atoms with Crippen molar-refractivity contribution in [2.45, 2.75) is 51.0 Å². The van der Waals surface area contributed by atoms with E-state index in [1.54, 1.807) is 0 Å². The normalized spacial score (nSPS) is 12.5. The molecule has 24 heavy (non-hydrogen) atoms. The molecule has 4 nitrogen and oxygen atoms in total. The molecule has 0 bridgehead atoms. The van der Waals surface area contributed by atoms with E-state index in [0.717, 1.165) is 0 Å². The number of aromatic nitrogens is 1. The molecule has 1 rings (SSSR count). The summed E-state index contributed by atoms with van der Waals surface area (Å²) >= 11 is 0. The molecule has 140 valence electrons. The molecule has 0 fully saturated rings. The first-order valence-corrected chi connectivity index (χ1v) is 8.48. The molecule has 0 amide bonds. The fraction of sp³-hybridized carbons (Fsp3) is 0.615. The number of rotatable bonds is 6. The lowest BCUT2D eigenvalue weighted by Crippen LogP contribution is -2.44. The van der Waals surface area contributed by atoms with Crippen LogP contribution in [0.2, 0.25) is 0 Å². The van der Waals surface area contributed by atoms with Crippen LogP contribution in [0.1, 0.15) is 32.6 Å². The highest BCUT2D eigenvalue weighted by Gasteiger charge is 2.51. The maximum Gasteiger partial charge on any atom is 0.511 e. The molecule has 11 heteroatoms. The van der Waals surface area contributed by atoms with Gasteiger partial charge in [0, 0.05) is 18.6 Å². The second-order valence-electron chi connectivity index (χ2n) is 4.72. The lowest BCUT2D eigenvalue weighted by molar-refractivity contribution is -0.697. The molecule has 0 saturated heterocycles. The first kappa shape index (κ1) is 22.6. The molecule has 1 N–H and O–H groups in total. The van der Waals surface area contributed by atoms with Gasteiger partial charge in [-0.3, -0.25) is 0 Å². The summed E-state index contributed by atoms with van der Waals surface area (Å²) in [6, 6.07) is 6.22. The van der Waals surface area contributed by atoms with Gasteiger partial charge in [0.15, 0.2) is 12.4 Å². The molecule has 0 aliphatic heterocycles. The average molecular weight is 381 g/mol. The van der Waals surface area contributed by atoms with Gasteiger partial charge < -0.3 is 0 Å². The summed E-state index contributed by atoms with van der Waals surface area (Å²) in [4.78, 5) is 0. The number of nitrogens with one attached hydrogen (secondary N) is 1. The lowest BCUT2D eigenvalue weighted by atomic mass is 10.2. The SMILES string of the molecule is CCCCCC[n+]1ccccc1.O=S(=O)(NC(F)(F)F)C(F)(F)F. The Morgan fingerprint density at radius 1 is 0.917 bits per heavy atom. The van der Waals surface area contributed by atoms with Gasteiger partial charge in [-0.05, 0) is 6.42 Å². The Morgan fingerprint density at radius 3 is 1.83 bits per heavy atom. The molecule has 1 aromatic rings. The van der Waals surface area contributed by atoms with Crippen molar-refractivity contribution in [1.29, 1.82) is 0 Å². The first-order valence-electron chi connectivity index (χ1n) is 7.00. The van der Waals surface area contributed by atoms with E-state index in [1.807, 2.05) is 0 Å². The van der Waals surface area contributed by atoms with Crippen molar-refractivity contribution in [3.63, 3.8) is 0 Å². The second kappa shape index (κ2) is 9.82. The van der Waals surface area contributed by atoms with Gasteiger partial charge in [-0.1, -0.05) is 25.8 Å². The van der Waals surface area contributed by atoms with E-state index in [1.165, 1.54) is 32.2 Å². The number of hydrogen-bond acceptors (Lipinski definition) is 2. The lowest BCUT2D eigenvalue weighted by Gasteiger charge is -2.10. The van der Waals surface area contributed by atoms with Crippen molar-refractivity contribution in [1.82, 2.24) is 4.72 Å². The highest BCUT2D eigenvalue weighted by molar-refractivity contribution is 7.90. The fourth-order valence-electron chi connectivity index (χ4n) is 1.51. The maximum absolute atomic E-state index is 11.2. The van der Waals surface area contributed by atoms with Gasteiger partial charge in [-0.15, -0.1) is 4.72 Å². The molecule has 1 aromatic heterocycles. The van der Waals surface area contributed by atoms with Crippen molar-refractivity contribution in [2.24, 2.45) is 0 Å². The van der Waals surface area contributed by atoms with E-state index in [9.17, 15) is 34.8 Å². The predicted octanol–water partition coefficient (Wildman–Crippen LogP) is 3.50. The number of pyridine rings is 1. The Balaban J connectivity index is 0.000000441. The summed E-state index contributed by atoms with van der Waals surface area (Å²) in [5, 5.41) is 0. The molecule has 0 radical (unpaired) electrons. The predicted molar refractivity (Wildman–Crippen MR) is 74.9 cm³/mol. The third kappa shape index (κ3) is 10.4. The summed E-state index contributed by atoms with van der Waals surface area (Å²) < 4.78 is 88.1. The highest BCUT2D eigenvalue weighted by Crippen LogP contribution is 2.25. The Hall–Kier alpha value is -1.36. The van der Waals surface area contributed by atoms with Crippen molar-refractivity contribution in [3.8, 4) is 0 Å². The largest absolute Gasteiger partial charge is 0.511 e. The van der Waals surface area contributed by atoms with Crippen LogP contribution in [0.3, 0.4) is 0 Å². The minimum Gasteiger partial charge on any atom is -0.205 e. The molecule has 0 atom stereocenters. The molecular formula is C13H19F6N2O2S+. The number of hydrogen-bond donors (Lipinski definition) is 1. The average Bonchev–Trinajstić information content (AvgIpc) is 2.42. The van der Waals surface area contributed by atoms with E-state index < -0.39 is 26.6 Å². The van der Waals surface area contributed by atoms with Crippen LogP contribution in [0.5, 0.6) is 0 Å². The van der Waals surface area contributed by atoms with E-state index in [2.05, 4.69) is 42.1 Å². The van der Waals surface area contributed by atoms with E-state index in [-0.39, 0.29) is 0 Å². The maximum atomic E-state index is 11.2. The Kier molecular flexibility index (Phi) is 9.26. The van der Waals surface area contributed by atoms with Gasteiger partial charge in [-0.25, -0.2) is 13.0 Å². The summed E-state index contributed by atoms with van der Waals surface area (Å²) in [7, 11) is -6.33. The summed E-state index contributed by atoms with van der Waals surface area (Å²) in [6.07, 6.45) is 4.00. The Bertz CT molecular complexity index is 558.